The zero-order valence-electron chi connectivity index (χ0n) is 13.5. The van der Waals surface area contributed by atoms with Gasteiger partial charge in [-0.3, -0.25) is 9.10 Å². The molecule has 0 unspecified atom stereocenters. The maximum Gasteiger partial charge on any atom is 0.243 e. The number of anilines is 1. The lowest BCUT2D eigenvalue weighted by Crippen LogP contribution is -2.48. The number of carbonyl (C=O) groups excluding carboxylic acids is 1. The molecule has 0 fully saturated rings. The number of nitrogens with one attached hydrogen (secondary N) is 1. The van der Waals surface area contributed by atoms with Gasteiger partial charge in [0, 0.05) is 12.6 Å². The van der Waals surface area contributed by atoms with Crippen molar-refractivity contribution in [2.24, 2.45) is 0 Å². The first-order chi connectivity index (χ1) is 10.8. The number of carbonyl (C=O) groups is 1. The number of benzene rings is 1. The van der Waals surface area contributed by atoms with Gasteiger partial charge in [-0.25, -0.2) is 8.42 Å². The topological polar surface area (TPSA) is 84.9 Å². The van der Waals surface area contributed by atoms with Gasteiger partial charge in [0.15, 0.2) is 11.5 Å². The fraction of sp³-hybridized carbons (Fsp3) is 0.533. The number of fused-ring (bicyclic) bond motifs is 1. The average molecular weight is 342 g/mol. The van der Waals surface area contributed by atoms with E-state index in [4.69, 9.17) is 9.47 Å². The summed E-state index contributed by atoms with van der Waals surface area (Å²) in [6, 6.07) is 3.98. The van der Waals surface area contributed by atoms with Crippen LogP contribution in [0.4, 0.5) is 5.69 Å². The molecule has 1 aromatic carbocycles. The second-order valence-electron chi connectivity index (χ2n) is 5.35. The molecular formula is C15H22N2O5S. The van der Waals surface area contributed by atoms with Crippen LogP contribution in [0.5, 0.6) is 11.5 Å². The minimum absolute atomic E-state index is 0.341. The summed E-state index contributed by atoms with van der Waals surface area (Å²) < 4.78 is 36.4. The largest absolute Gasteiger partial charge is 0.486 e. The van der Waals surface area contributed by atoms with E-state index in [9.17, 15) is 13.2 Å². The Hall–Kier alpha value is -1.96. The Bertz CT molecular complexity index is 674. The van der Waals surface area contributed by atoms with E-state index in [0.717, 1.165) is 17.0 Å². The van der Waals surface area contributed by atoms with E-state index in [2.05, 4.69) is 5.32 Å². The van der Waals surface area contributed by atoms with Gasteiger partial charge in [0.1, 0.15) is 19.3 Å². The summed E-state index contributed by atoms with van der Waals surface area (Å²) in [5.41, 5.74) is 0.371. The van der Waals surface area contributed by atoms with Gasteiger partial charge in [0.05, 0.1) is 11.9 Å². The molecule has 1 heterocycles. The summed E-state index contributed by atoms with van der Waals surface area (Å²) >= 11 is 0. The van der Waals surface area contributed by atoms with E-state index in [1.165, 1.54) is 0 Å². The average Bonchev–Trinajstić information content (AvgIpc) is 2.51. The minimum Gasteiger partial charge on any atom is -0.486 e. The predicted octanol–water partition coefficient (Wildman–Crippen LogP) is 1.14. The first-order valence-electron chi connectivity index (χ1n) is 7.51. The summed E-state index contributed by atoms with van der Waals surface area (Å²) in [6.07, 6.45) is 1.86. The lowest BCUT2D eigenvalue weighted by atomic mass is 10.2. The summed E-state index contributed by atoms with van der Waals surface area (Å²) in [7, 11) is -3.64. The number of sulfonamides is 1. The van der Waals surface area contributed by atoms with E-state index in [1.54, 1.807) is 25.1 Å². The van der Waals surface area contributed by atoms with E-state index in [0.29, 0.717) is 36.9 Å². The van der Waals surface area contributed by atoms with Crippen LogP contribution in [0.1, 0.15) is 20.3 Å². The second-order valence-corrected chi connectivity index (χ2v) is 7.21. The van der Waals surface area contributed by atoms with Gasteiger partial charge in [-0.1, -0.05) is 6.92 Å². The van der Waals surface area contributed by atoms with Crippen molar-refractivity contribution >= 4 is 21.6 Å². The summed E-state index contributed by atoms with van der Waals surface area (Å²) in [4.78, 5) is 12.2. The van der Waals surface area contributed by atoms with Gasteiger partial charge < -0.3 is 14.8 Å². The van der Waals surface area contributed by atoms with Crippen molar-refractivity contribution in [2.75, 3.05) is 30.3 Å². The minimum atomic E-state index is -3.64. The predicted molar refractivity (Wildman–Crippen MR) is 87.5 cm³/mol. The van der Waals surface area contributed by atoms with Crippen molar-refractivity contribution in [3.63, 3.8) is 0 Å². The van der Waals surface area contributed by atoms with Crippen LogP contribution in [-0.2, 0) is 14.8 Å². The first kappa shape index (κ1) is 17.4. The van der Waals surface area contributed by atoms with Gasteiger partial charge >= 0.3 is 0 Å². The third-order valence-corrected chi connectivity index (χ3v) is 4.66. The molecule has 0 saturated carbocycles. The molecule has 1 N–H and O–H groups in total. The molecule has 128 valence electrons. The van der Waals surface area contributed by atoms with Crippen LogP contribution >= 0.6 is 0 Å². The Labute approximate surface area is 136 Å². The van der Waals surface area contributed by atoms with Gasteiger partial charge in [-0.15, -0.1) is 0 Å². The second kappa shape index (κ2) is 7.08. The van der Waals surface area contributed by atoms with Crippen LogP contribution in [0.15, 0.2) is 18.2 Å². The molecule has 1 aromatic rings. The molecule has 23 heavy (non-hydrogen) atoms. The first-order valence-corrected chi connectivity index (χ1v) is 9.36. The maximum atomic E-state index is 12.2. The third-order valence-electron chi connectivity index (χ3n) is 3.42. The Balaban J connectivity index is 2.34. The number of hydrogen-bond acceptors (Lipinski definition) is 5. The molecule has 0 aromatic heterocycles. The van der Waals surface area contributed by atoms with Crippen molar-refractivity contribution in [2.45, 2.75) is 26.3 Å². The third kappa shape index (κ3) is 4.07. The maximum absolute atomic E-state index is 12.2. The fourth-order valence-electron chi connectivity index (χ4n) is 2.37. The van der Waals surface area contributed by atoms with Crippen LogP contribution in [0.2, 0.25) is 0 Å². The smallest absolute Gasteiger partial charge is 0.243 e. The standard InChI is InChI=1S/C15H22N2O5S/c1-4-7-16-15(18)11(2)17(23(3,19)20)12-5-6-13-14(10-12)22-9-8-21-13/h5-6,10-11H,4,7-9H2,1-3H3,(H,16,18)/t11-/m1/s1. The van der Waals surface area contributed by atoms with Gasteiger partial charge in [0.25, 0.3) is 0 Å². The highest BCUT2D eigenvalue weighted by molar-refractivity contribution is 7.92. The Kier molecular flexibility index (Phi) is 5.35. The zero-order chi connectivity index (χ0) is 17.0. The lowest BCUT2D eigenvalue weighted by molar-refractivity contribution is -0.121. The van der Waals surface area contributed by atoms with E-state index >= 15 is 0 Å². The molecule has 0 spiro atoms. The van der Waals surface area contributed by atoms with Gasteiger partial charge in [-0.05, 0) is 25.5 Å². The molecule has 8 heteroatoms. The normalized spacial score (nSPS) is 14.9. The number of ether oxygens (including phenoxy) is 2. The highest BCUT2D eigenvalue weighted by Crippen LogP contribution is 2.35. The molecule has 0 bridgehead atoms. The van der Waals surface area contributed by atoms with Crippen LogP contribution in [0, 0.1) is 0 Å². The number of hydrogen-bond donors (Lipinski definition) is 1. The number of amides is 1. The zero-order valence-corrected chi connectivity index (χ0v) is 14.4. The highest BCUT2D eigenvalue weighted by atomic mass is 32.2. The van der Waals surface area contributed by atoms with Gasteiger partial charge in [-0.2, -0.15) is 0 Å². The van der Waals surface area contributed by atoms with Crippen LogP contribution in [-0.4, -0.2) is 46.4 Å². The summed E-state index contributed by atoms with van der Waals surface area (Å²) in [6.45, 7) is 4.85. The quantitative estimate of drug-likeness (QED) is 0.838. The molecule has 0 radical (unpaired) electrons. The van der Waals surface area contributed by atoms with Crippen molar-refractivity contribution in [1.82, 2.24) is 5.32 Å². The molecule has 0 aliphatic carbocycles. The number of rotatable bonds is 6. The molecular weight excluding hydrogens is 320 g/mol. The van der Waals surface area contributed by atoms with E-state index < -0.39 is 16.1 Å². The molecule has 7 nitrogen and oxygen atoms in total. The lowest BCUT2D eigenvalue weighted by Gasteiger charge is -2.29. The Morgan fingerprint density at radius 3 is 2.57 bits per heavy atom. The van der Waals surface area contributed by atoms with Crippen LogP contribution in [0.25, 0.3) is 0 Å². The molecule has 2 rings (SSSR count). The summed E-state index contributed by atoms with van der Waals surface area (Å²) in [5, 5.41) is 2.72. The van der Waals surface area contributed by atoms with Crippen molar-refractivity contribution in [1.29, 1.82) is 0 Å². The van der Waals surface area contributed by atoms with Crippen molar-refractivity contribution in [3.05, 3.63) is 18.2 Å². The molecule has 1 atom stereocenters. The van der Waals surface area contributed by atoms with Crippen LogP contribution < -0.4 is 19.1 Å². The Morgan fingerprint density at radius 1 is 1.30 bits per heavy atom. The molecule has 1 aliphatic heterocycles. The van der Waals surface area contributed by atoms with Crippen molar-refractivity contribution in [3.8, 4) is 11.5 Å². The molecule has 0 saturated heterocycles. The van der Waals surface area contributed by atoms with E-state index in [1.807, 2.05) is 6.92 Å². The molecule has 1 aliphatic rings. The van der Waals surface area contributed by atoms with Crippen LogP contribution in [0.3, 0.4) is 0 Å². The van der Waals surface area contributed by atoms with E-state index in [-0.39, 0.29) is 5.91 Å². The SMILES string of the molecule is CCCNC(=O)[C@@H](C)N(c1ccc2c(c1)OCCO2)S(C)(=O)=O. The Morgan fingerprint density at radius 2 is 1.96 bits per heavy atom. The number of nitrogens with zero attached hydrogens (tertiary/aromatic N) is 1. The van der Waals surface area contributed by atoms with Crippen molar-refractivity contribution < 1.29 is 22.7 Å². The van der Waals surface area contributed by atoms with Gasteiger partial charge in [0.2, 0.25) is 15.9 Å². The molecule has 1 amide bonds. The monoisotopic (exact) mass is 342 g/mol. The highest BCUT2D eigenvalue weighted by Gasteiger charge is 2.30. The summed E-state index contributed by atoms with van der Waals surface area (Å²) in [5.74, 6) is 0.701. The fourth-order valence-corrected chi connectivity index (χ4v) is 3.54.